The van der Waals surface area contributed by atoms with Gasteiger partial charge in [0, 0.05) is 17.7 Å². The van der Waals surface area contributed by atoms with E-state index in [0.29, 0.717) is 35.3 Å². The smallest absolute Gasteiger partial charge is 0.224 e. The minimum absolute atomic E-state index is 0.0238. The number of hydrogen-bond donors (Lipinski definition) is 1. The summed E-state index contributed by atoms with van der Waals surface area (Å²) in [6, 6.07) is 16.8. The molecule has 1 N–H and O–H groups in total. The highest BCUT2D eigenvalue weighted by Crippen LogP contribution is 2.18. The van der Waals surface area contributed by atoms with E-state index in [1.165, 1.54) is 11.8 Å². The highest BCUT2D eigenvalue weighted by Gasteiger charge is 2.12. The predicted octanol–water partition coefficient (Wildman–Crippen LogP) is 3.68. The van der Waals surface area contributed by atoms with E-state index < -0.39 is 0 Å². The van der Waals surface area contributed by atoms with Gasteiger partial charge in [0.1, 0.15) is 0 Å². The summed E-state index contributed by atoms with van der Waals surface area (Å²) in [5, 5.41) is 15.2. The van der Waals surface area contributed by atoms with Gasteiger partial charge in [0.2, 0.25) is 11.1 Å². The number of Topliss-reactive ketones (excluding diaryl/α,β-unsaturated/α-hetero) is 1. The number of anilines is 1. The number of nitrogens with one attached hydrogen (secondary N) is 1. The van der Waals surface area contributed by atoms with Crippen molar-refractivity contribution in [2.45, 2.75) is 32.0 Å². The van der Waals surface area contributed by atoms with E-state index in [1.54, 1.807) is 28.9 Å². The molecule has 0 radical (unpaired) electrons. The molecular weight excluding hydrogens is 386 g/mol. The van der Waals surface area contributed by atoms with Crippen LogP contribution in [-0.2, 0) is 11.3 Å². The Morgan fingerprint density at radius 2 is 1.79 bits per heavy atom. The molecule has 150 valence electrons. The molecule has 29 heavy (non-hydrogen) atoms. The standard InChI is InChI=1S/C21H23N5O2S/c1-15(2)12-20(28)22-18-10-8-17(9-11-18)19(27)14-29-21-23-24-25-26(21)13-16-6-4-3-5-7-16/h3-11,15H,12-14H2,1-2H3,(H,22,28). The SMILES string of the molecule is CC(C)CC(=O)Nc1ccc(C(=O)CSc2nnnn2Cc2ccccc2)cc1. The topological polar surface area (TPSA) is 89.8 Å². The van der Waals surface area contributed by atoms with Crippen molar-refractivity contribution in [2.75, 3.05) is 11.1 Å². The van der Waals surface area contributed by atoms with Gasteiger partial charge in [0.05, 0.1) is 12.3 Å². The van der Waals surface area contributed by atoms with E-state index in [9.17, 15) is 9.59 Å². The summed E-state index contributed by atoms with van der Waals surface area (Å²) < 4.78 is 1.68. The van der Waals surface area contributed by atoms with Crippen LogP contribution >= 0.6 is 11.8 Å². The largest absolute Gasteiger partial charge is 0.326 e. The van der Waals surface area contributed by atoms with E-state index in [-0.39, 0.29) is 17.4 Å². The molecule has 0 spiro atoms. The number of rotatable bonds is 9. The van der Waals surface area contributed by atoms with Crippen LogP contribution < -0.4 is 5.32 Å². The second-order valence-electron chi connectivity index (χ2n) is 7.04. The summed E-state index contributed by atoms with van der Waals surface area (Å²) in [6.45, 7) is 4.54. The Hall–Kier alpha value is -3.00. The van der Waals surface area contributed by atoms with Gasteiger partial charge in [0.15, 0.2) is 5.78 Å². The molecule has 0 bridgehead atoms. The minimum Gasteiger partial charge on any atom is -0.326 e. The maximum Gasteiger partial charge on any atom is 0.224 e. The van der Waals surface area contributed by atoms with Crippen molar-refractivity contribution >= 4 is 29.1 Å². The highest BCUT2D eigenvalue weighted by molar-refractivity contribution is 7.99. The van der Waals surface area contributed by atoms with Gasteiger partial charge < -0.3 is 5.32 Å². The molecule has 7 nitrogen and oxygen atoms in total. The average Bonchev–Trinajstić information content (AvgIpc) is 3.13. The molecule has 8 heteroatoms. The van der Waals surface area contributed by atoms with Crippen LogP contribution in [0.15, 0.2) is 59.8 Å². The van der Waals surface area contributed by atoms with Crippen LogP contribution in [-0.4, -0.2) is 37.7 Å². The lowest BCUT2D eigenvalue weighted by molar-refractivity contribution is -0.116. The lowest BCUT2D eigenvalue weighted by atomic mass is 10.1. The molecule has 0 atom stereocenters. The van der Waals surface area contributed by atoms with E-state index in [4.69, 9.17) is 0 Å². The molecule has 0 saturated heterocycles. The lowest BCUT2D eigenvalue weighted by Gasteiger charge is -2.08. The minimum atomic E-state index is -0.0279. The fraction of sp³-hybridized carbons (Fsp3) is 0.286. The Balaban J connectivity index is 1.55. The number of carbonyl (C=O) groups is 2. The van der Waals surface area contributed by atoms with Gasteiger partial charge in [-0.2, -0.15) is 0 Å². The summed E-state index contributed by atoms with van der Waals surface area (Å²) in [6.07, 6.45) is 0.467. The third-order valence-corrected chi connectivity index (χ3v) is 5.05. The number of amides is 1. The van der Waals surface area contributed by atoms with Gasteiger partial charge in [-0.3, -0.25) is 9.59 Å². The Labute approximate surface area is 173 Å². The Morgan fingerprint density at radius 3 is 2.48 bits per heavy atom. The number of benzene rings is 2. The van der Waals surface area contributed by atoms with Crippen LogP contribution in [0.25, 0.3) is 0 Å². The molecule has 0 aliphatic heterocycles. The number of nitrogens with zero attached hydrogens (tertiary/aromatic N) is 4. The van der Waals surface area contributed by atoms with Crippen molar-refractivity contribution in [1.82, 2.24) is 20.2 Å². The number of hydrogen-bond acceptors (Lipinski definition) is 6. The van der Waals surface area contributed by atoms with Gasteiger partial charge in [-0.15, -0.1) is 5.10 Å². The zero-order chi connectivity index (χ0) is 20.6. The molecule has 2 aromatic carbocycles. The lowest BCUT2D eigenvalue weighted by Crippen LogP contribution is -2.14. The molecule has 0 aliphatic rings. The van der Waals surface area contributed by atoms with Gasteiger partial charge in [0.25, 0.3) is 0 Å². The first kappa shape index (κ1) is 20.7. The van der Waals surface area contributed by atoms with E-state index in [0.717, 1.165) is 5.56 Å². The summed E-state index contributed by atoms with van der Waals surface area (Å²) in [4.78, 5) is 24.3. The van der Waals surface area contributed by atoms with E-state index >= 15 is 0 Å². The molecule has 3 rings (SSSR count). The molecule has 0 fully saturated rings. The van der Waals surface area contributed by atoms with Crippen molar-refractivity contribution in [3.63, 3.8) is 0 Å². The number of ketones is 1. The van der Waals surface area contributed by atoms with Crippen molar-refractivity contribution in [3.8, 4) is 0 Å². The molecular formula is C21H23N5O2S. The number of carbonyl (C=O) groups excluding carboxylic acids is 2. The Morgan fingerprint density at radius 1 is 1.07 bits per heavy atom. The molecule has 3 aromatic rings. The summed E-state index contributed by atoms with van der Waals surface area (Å²) in [7, 11) is 0. The van der Waals surface area contributed by atoms with Crippen LogP contribution in [0.1, 0.15) is 36.2 Å². The molecule has 0 saturated carbocycles. The van der Waals surface area contributed by atoms with Gasteiger partial charge in [-0.1, -0.05) is 55.9 Å². The summed E-state index contributed by atoms with van der Waals surface area (Å²) >= 11 is 1.31. The molecule has 1 amide bonds. The van der Waals surface area contributed by atoms with Gasteiger partial charge in [-0.25, -0.2) is 4.68 Å². The Bertz CT molecular complexity index is 955. The normalized spacial score (nSPS) is 10.9. The average molecular weight is 410 g/mol. The highest BCUT2D eigenvalue weighted by atomic mass is 32.2. The number of tetrazole rings is 1. The molecule has 0 unspecified atom stereocenters. The van der Waals surface area contributed by atoms with Crippen molar-refractivity contribution in [1.29, 1.82) is 0 Å². The third-order valence-electron chi connectivity index (χ3n) is 4.09. The maximum absolute atomic E-state index is 12.5. The summed E-state index contributed by atoms with van der Waals surface area (Å²) in [5.41, 5.74) is 2.36. The first-order valence-electron chi connectivity index (χ1n) is 9.37. The second kappa shape index (κ2) is 9.97. The van der Waals surface area contributed by atoms with Crippen LogP contribution in [0.2, 0.25) is 0 Å². The number of thioether (sulfide) groups is 1. The van der Waals surface area contributed by atoms with Crippen molar-refractivity contribution in [3.05, 3.63) is 65.7 Å². The quantitative estimate of drug-likeness (QED) is 0.428. The van der Waals surface area contributed by atoms with Gasteiger partial charge >= 0.3 is 0 Å². The monoisotopic (exact) mass is 409 g/mol. The summed E-state index contributed by atoms with van der Waals surface area (Å²) in [5.74, 6) is 0.476. The van der Waals surface area contributed by atoms with Crippen LogP contribution in [0.3, 0.4) is 0 Å². The van der Waals surface area contributed by atoms with Crippen molar-refractivity contribution in [2.24, 2.45) is 5.92 Å². The number of aromatic nitrogens is 4. The van der Waals surface area contributed by atoms with Crippen LogP contribution in [0, 0.1) is 5.92 Å². The molecule has 0 aliphatic carbocycles. The fourth-order valence-electron chi connectivity index (χ4n) is 2.69. The molecule has 1 aromatic heterocycles. The zero-order valence-corrected chi connectivity index (χ0v) is 17.2. The second-order valence-corrected chi connectivity index (χ2v) is 7.98. The zero-order valence-electron chi connectivity index (χ0n) is 16.4. The van der Waals surface area contributed by atoms with Crippen LogP contribution in [0.5, 0.6) is 0 Å². The van der Waals surface area contributed by atoms with Crippen LogP contribution in [0.4, 0.5) is 5.69 Å². The molecule has 1 heterocycles. The van der Waals surface area contributed by atoms with E-state index in [1.807, 2.05) is 44.2 Å². The fourth-order valence-corrected chi connectivity index (χ4v) is 3.46. The van der Waals surface area contributed by atoms with E-state index in [2.05, 4.69) is 20.8 Å². The first-order chi connectivity index (χ1) is 14.0. The van der Waals surface area contributed by atoms with Crippen molar-refractivity contribution < 1.29 is 9.59 Å². The first-order valence-corrected chi connectivity index (χ1v) is 10.4. The maximum atomic E-state index is 12.5. The predicted molar refractivity (Wildman–Crippen MR) is 113 cm³/mol. The third kappa shape index (κ3) is 6.25. The Kier molecular flexibility index (Phi) is 7.13. The van der Waals surface area contributed by atoms with Gasteiger partial charge in [-0.05, 0) is 46.2 Å².